The molecule has 11 heavy (non-hydrogen) atoms. The number of hydrogen-bond acceptors (Lipinski definition) is 3. The summed E-state index contributed by atoms with van der Waals surface area (Å²) in [6.45, 7) is 0. The maximum Gasteiger partial charge on any atom is 0.342 e. The minimum Gasteiger partial charge on any atom is -0.477 e. The molecule has 0 saturated carbocycles. The van der Waals surface area contributed by atoms with Crippen molar-refractivity contribution in [3.63, 3.8) is 0 Å². The van der Waals surface area contributed by atoms with Gasteiger partial charge in [-0.15, -0.1) is 0 Å². The van der Waals surface area contributed by atoms with Gasteiger partial charge in [0.25, 0.3) is 0 Å². The van der Waals surface area contributed by atoms with E-state index < -0.39 is 17.5 Å². The normalized spacial score (nSPS) is 9.55. The van der Waals surface area contributed by atoms with E-state index in [1.54, 1.807) is 0 Å². The van der Waals surface area contributed by atoms with Crippen LogP contribution in [-0.2, 0) is 0 Å². The first kappa shape index (κ1) is 7.46. The average molecular weight is 156 g/mol. The summed E-state index contributed by atoms with van der Waals surface area (Å²) in [5.74, 6) is -2.47. The second kappa shape index (κ2) is 2.53. The molecule has 1 heterocycles. The van der Waals surface area contributed by atoms with Crippen LogP contribution < -0.4 is 5.73 Å². The van der Waals surface area contributed by atoms with E-state index in [9.17, 15) is 9.18 Å². The molecule has 0 saturated heterocycles. The van der Waals surface area contributed by atoms with Crippen molar-refractivity contribution in [2.24, 2.45) is 0 Å². The zero-order chi connectivity index (χ0) is 8.43. The maximum atomic E-state index is 12.5. The summed E-state index contributed by atoms with van der Waals surface area (Å²) < 4.78 is 12.5. The highest BCUT2D eigenvalue weighted by Crippen LogP contribution is 2.12. The molecule has 0 aromatic carbocycles. The third-order valence-electron chi connectivity index (χ3n) is 1.15. The van der Waals surface area contributed by atoms with Crippen molar-refractivity contribution in [1.82, 2.24) is 4.98 Å². The van der Waals surface area contributed by atoms with Crippen LogP contribution in [0.2, 0.25) is 0 Å². The molecule has 5 heteroatoms. The van der Waals surface area contributed by atoms with Crippen LogP contribution in [0.3, 0.4) is 0 Å². The first-order chi connectivity index (χ1) is 5.13. The Hall–Kier alpha value is -1.65. The van der Waals surface area contributed by atoms with Crippen LogP contribution in [-0.4, -0.2) is 16.1 Å². The number of nitrogen functional groups attached to an aromatic ring is 1. The standard InChI is InChI=1S/C6H5FN2O2/c7-5-4(6(10)11)3(8)1-2-9-5/h1-2H,(H2,8,9)(H,10,11). The molecule has 0 radical (unpaired) electrons. The third kappa shape index (κ3) is 1.26. The van der Waals surface area contributed by atoms with Crippen LogP contribution >= 0.6 is 0 Å². The summed E-state index contributed by atoms with van der Waals surface area (Å²) in [5.41, 5.74) is 4.46. The lowest BCUT2D eigenvalue weighted by molar-refractivity contribution is 0.0692. The van der Waals surface area contributed by atoms with E-state index in [1.807, 2.05) is 0 Å². The molecule has 0 fully saturated rings. The van der Waals surface area contributed by atoms with Gasteiger partial charge in [-0.3, -0.25) is 0 Å². The lowest BCUT2D eigenvalue weighted by Crippen LogP contribution is -2.06. The summed E-state index contributed by atoms with van der Waals surface area (Å²) in [6, 6.07) is 1.23. The highest BCUT2D eigenvalue weighted by molar-refractivity contribution is 5.93. The average Bonchev–Trinajstić information content (AvgIpc) is 1.85. The van der Waals surface area contributed by atoms with Crippen LogP contribution in [0.5, 0.6) is 0 Å². The van der Waals surface area contributed by atoms with Gasteiger partial charge in [-0.2, -0.15) is 4.39 Å². The van der Waals surface area contributed by atoms with Crippen molar-refractivity contribution < 1.29 is 14.3 Å². The molecular formula is C6H5FN2O2. The predicted octanol–water partition coefficient (Wildman–Crippen LogP) is 0.501. The number of carboxylic acids is 1. The lowest BCUT2D eigenvalue weighted by Gasteiger charge is -1.98. The second-order valence-electron chi connectivity index (χ2n) is 1.87. The Morgan fingerprint density at radius 3 is 2.73 bits per heavy atom. The van der Waals surface area contributed by atoms with Crippen molar-refractivity contribution in [3.8, 4) is 0 Å². The summed E-state index contributed by atoms with van der Waals surface area (Å²) >= 11 is 0. The first-order valence-corrected chi connectivity index (χ1v) is 2.76. The first-order valence-electron chi connectivity index (χ1n) is 2.76. The van der Waals surface area contributed by atoms with Crippen LogP contribution in [0.15, 0.2) is 12.3 Å². The van der Waals surface area contributed by atoms with Gasteiger partial charge in [-0.1, -0.05) is 0 Å². The molecule has 0 aliphatic heterocycles. The van der Waals surface area contributed by atoms with Gasteiger partial charge in [-0.05, 0) is 6.07 Å². The monoisotopic (exact) mass is 156 g/mol. The molecule has 0 bridgehead atoms. The largest absolute Gasteiger partial charge is 0.477 e. The SMILES string of the molecule is Nc1ccnc(F)c1C(=O)O. The minimum atomic E-state index is -1.41. The molecule has 1 aromatic heterocycles. The number of carboxylic acid groups (broad SMARTS) is 1. The fraction of sp³-hybridized carbons (Fsp3) is 0. The number of anilines is 1. The van der Waals surface area contributed by atoms with Crippen molar-refractivity contribution in [2.75, 3.05) is 5.73 Å². The fourth-order valence-electron chi connectivity index (χ4n) is 0.662. The number of carbonyl (C=O) groups is 1. The molecule has 0 amide bonds. The Kier molecular flexibility index (Phi) is 1.72. The molecule has 0 spiro atoms. The third-order valence-corrected chi connectivity index (χ3v) is 1.15. The predicted molar refractivity (Wildman–Crippen MR) is 35.6 cm³/mol. The van der Waals surface area contributed by atoms with Crippen molar-refractivity contribution in [2.45, 2.75) is 0 Å². The lowest BCUT2D eigenvalue weighted by atomic mass is 10.2. The van der Waals surface area contributed by atoms with Crippen molar-refractivity contribution in [1.29, 1.82) is 0 Å². The van der Waals surface area contributed by atoms with Crippen LogP contribution in [0.25, 0.3) is 0 Å². The zero-order valence-electron chi connectivity index (χ0n) is 5.41. The number of halogens is 1. The number of rotatable bonds is 1. The molecule has 0 unspecified atom stereocenters. The molecule has 3 N–H and O–H groups in total. The molecule has 4 nitrogen and oxygen atoms in total. The smallest absolute Gasteiger partial charge is 0.342 e. The summed E-state index contributed by atoms with van der Waals surface area (Å²) in [4.78, 5) is 13.4. The summed E-state index contributed by atoms with van der Waals surface area (Å²) in [6.07, 6.45) is 1.11. The van der Waals surface area contributed by atoms with E-state index in [2.05, 4.69) is 4.98 Å². The Balaban J connectivity index is 3.32. The van der Waals surface area contributed by atoms with Gasteiger partial charge in [0.2, 0.25) is 5.95 Å². The molecule has 1 aromatic rings. The Morgan fingerprint density at radius 2 is 2.36 bits per heavy atom. The molecular weight excluding hydrogens is 151 g/mol. The van der Waals surface area contributed by atoms with Gasteiger partial charge < -0.3 is 10.8 Å². The Labute approximate surface area is 61.5 Å². The van der Waals surface area contributed by atoms with Gasteiger partial charge in [0.1, 0.15) is 5.56 Å². The summed E-state index contributed by atoms with van der Waals surface area (Å²) in [5, 5.41) is 8.39. The Morgan fingerprint density at radius 1 is 1.73 bits per heavy atom. The van der Waals surface area contributed by atoms with E-state index in [-0.39, 0.29) is 5.69 Å². The molecule has 0 atom stereocenters. The van der Waals surface area contributed by atoms with Gasteiger partial charge in [0.15, 0.2) is 0 Å². The Bertz CT molecular complexity index is 280. The van der Waals surface area contributed by atoms with Crippen LogP contribution in [0.1, 0.15) is 10.4 Å². The van der Waals surface area contributed by atoms with Crippen LogP contribution in [0.4, 0.5) is 10.1 Å². The maximum absolute atomic E-state index is 12.5. The number of nitrogens with two attached hydrogens (primary N) is 1. The number of aromatic nitrogens is 1. The van der Waals surface area contributed by atoms with E-state index in [0.29, 0.717) is 0 Å². The number of hydrogen-bond donors (Lipinski definition) is 2. The molecule has 0 aliphatic rings. The highest BCUT2D eigenvalue weighted by atomic mass is 19.1. The zero-order valence-corrected chi connectivity index (χ0v) is 5.41. The minimum absolute atomic E-state index is 0.120. The highest BCUT2D eigenvalue weighted by Gasteiger charge is 2.13. The van der Waals surface area contributed by atoms with E-state index in [1.165, 1.54) is 6.07 Å². The van der Waals surface area contributed by atoms with E-state index in [0.717, 1.165) is 6.20 Å². The summed E-state index contributed by atoms with van der Waals surface area (Å²) in [7, 11) is 0. The van der Waals surface area contributed by atoms with E-state index in [4.69, 9.17) is 10.8 Å². The number of pyridine rings is 1. The van der Waals surface area contributed by atoms with Gasteiger partial charge >= 0.3 is 5.97 Å². The van der Waals surface area contributed by atoms with E-state index >= 15 is 0 Å². The van der Waals surface area contributed by atoms with Crippen molar-refractivity contribution >= 4 is 11.7 Å². The molecule has 58 valence electrons. The molecule has 1 rings (SSSR count). The second-order valence-corrected chi connectivity index (χ2v) is 1.87. The number of nitrogens with zero attached hydrogens (tertiary/aromatic N) is 1. The van der Waals surface area contributed by atoms with Crippen LogP contribution in [0, 0.1) is 5.95 Å². The molecule has 0 aliphatic carbocycles. The van der Waals surface area contributed by atoms with Gasteiger partial charge in [0.05, 0.1) is 5.69 Å². The topological polar surface area (TPSA) is 76.2 Å². The fourth-order valence-corrected chi connectivity index (χ4v) is 0.662. The van der Waals surface area contributed by atoms with Gasteiger partial charge in [-0.25, -0.2) is 9.78 Å². The van der Waals surface area contributed by atoms with Gasteiger partial charge in [0, 0.05) is 6.20 Å². The van der Waals surface area contributed by atoms with Crippen molar-refractivity contribution in [3.05, 3.63) is 23.8 Å². The quantitative estimate of drug-likeness (QED) is 0.580. The number of aromatic carboxylic acids is 1.